The third kappa shape index (κ3) is 6.35. The SMILES string of the molecule is CC(=O)c1ccc(NC(=O)CCSc2nnc(N3CCC(C)CC3)n2CC2CCCO2)cc1. The van der Waals surface area contributed by atoms with Crippen LogP contribution in [0.15, 0.2) is 29.4 Å². The first kappa shape index (κ1) is 23.8. The number of nitrogens with one attached hydrogen (secondary N) is 1. The first-order valence-electron chi connectivity index (χ1n) is 11.8. The molecule has 0 spiro atoms. The standard InChI is InChI=1S/C24H33N5O3S/c1-17-9-12-28(13-10-17)23-26-27-24(29(23)16-21-4-3-14-32-21)33-15-11-22(31)25-20-7-5-19(6-8-20)18(2)30/h5-8,17,21H,3-4,9-16H2,1-2H3,(H,25,31). The Bertz CT molecular complexity index is 948. The number of aromatic nitrogens is 3. The summed E-state index contributed by atoms with van der Waals surface area (Å²) in [7, 11) is 0. The second-order valence-corrected chi connectivity index (χ2v) is 10.0. The largest absolute Gasteiger partial charge is 0.376 e. The van der Waals surface area contributed by atoms with Gasteiger partial charge in [0, 0.05) is 43.1 Å². The summed E-state index contributed by atoms with van der Waals surface area (Å²) in [6.07, 6.45) is 5.06. The van der Waals surface area contributed by atoms with Gasteiger partial charge in [-0.15, -0.1) is 10.2 Å². The Morgan fingerprint density at radius 3 is 2.58 bits per heavy atom. The Kier molecular flexibility index (Phi) is 8.03. The highest BCUT2D eigenvalue weighted by atomic mass is 32.2. The van der Waals surface area contributed by atoms with Crippen LogP contribution in [0.4, 0.5) is 11.6 Å². The lowest BCUT2D eigenvalue weighted by Crippen LogP contribution is -2.35. The molecule has 2 aliphatic rings. The number of ketones is 1. The van der Waals surface area contributed by atoms with E-state index in [1.807, 2.05) is 0 Å². The normalized spacial score (nSPS) is 19.1. The van der Waals surface area contributed by atoms with Crippen molar-refractivity contribution in [2.45, 2.75) is 63.8 Å². The van der Waals surface area contributed by atoms with Gasteiger partial charge in [0.1, 0.15) is 0 Å². The van der Waals surface area contributed by atoms with Crippen molar-refractivity contribution >= 4 is 35.1 Å². The van der Waals surface area contributed by atoms with E-state index in [2.05, 4.69) is 31.9 Å². The summed E-state index contributed by atoms with van der Waals surface area (Å²) < 4.78 is 8.07. The molecule has 2 saturated heterocycles. The molecule has 0 saturated carbocycles. The molecule has 2 aliphatic heterocycles. The number of amides is 1. The number of thioether (sulfide) groups is 1. The molecule has 0 radical (unpaired) electrons. The van der Waals surface area contributed by atoms with Gasteiger partial charge < -0.3 is 15.0 Å². The number of piperidine rings is 1. The number of anilines is 2. The molecule has 1 aromatic carbocycles. The Morgan fingerprint density at radius 1 is 1.15 bits per heavy atom. The topological polar surface area (TPSA) is 89.4 Å². The van der Waals surface area contributed by atoms with Crippen LogP contribution in [-0.4, -0.2) is 58.0 Å². The van der Waals surface area contributed by atoms with Crippen molar-refractivity contribution in [2.75, 3.05) is 35.7 Å². The van der Waals surface area contributed by atoms with Crippen LogP contribution in [0.25, 0.3) is 0 Å². The summed E-state index contributed by atoms with van der Waals surface area (Å²) in [5, 5.41) is 12.7. The number of benzene rings is 1. The second kappa shape index (κ2) is 11.2. The zero-order valence-corrected chi connectivity index (χ0v) is 20.3. The molecule has 178 valence electrons. The van der Waals surface area contributed by atoms with Gasteiger partial charge in [0.2, 0.25) is 11.9 Å². The predicted molar refractivity (Wildman–Crippen MR) is 130 cm³/mol. The van der Waals surface area contributed by atoms with E-state index in [1.54, 1.807) is 36.0 Å². The highest BCUT2D eigenvalue weighted by Gasteiger charge is 2.26. The van der Waals surface area contributed by atoms with Gasteiger partial charge in [-0.1, -0.05) is 18.7 Å². The Balaban J connectivity index is 1.35. The van der Waals surface area contributed by atoms with E-state index in [0.717, 1.165) is 56.1 Å². The molecule has 4 rings (SSSR count). The van der Waals surface area contributed by atoms with Gasteiger partial charge in [-0.2, -0.15) is 0 Å². The summed E-state index contributed by atoms with van der Waals surface area (Å²) in [6.45, 7) is 7.41. The van der Waals surface area contributed by atoms with E-state index < -0.39 is 0 Å². The molecule has 9 heteroatoms. The van der Waals surface area contributed by atoms with Gasteiger partial charge in [0.25, 0.3) is 0 Å². The quantitative estimate of drug-likeness (QED) is 0.436. The molecule has 1 unspecified atom stereocenters. The van der Waals surface area contributed by atoms with Crippen LogP contribution < -0.4 is 10.2 Å². The van der Waals surface area contributed by atoms with Crippen molar-refractivity contribution in [1.29, 1.82) is 0 Å². The summed E-state index contributed by atoms with van der Waals surface area (Å²) >= 11 is 1.56. The molecular weight excluding hydrogens is 438 g/mol. The van der Waals surface area contributed by atoms with Crippen LogP contribution >= 0.6 is 11.8 Å². The van der Waals surface area contributed by atoms with Crippen LogP contribution in [0.2, 0.25) is 0 Å². The van der Waals surface area contributed by atoms with Gasteiger partial charge in [-0.25, -0.2) is 0 Å². The van der Waals surface area contributed by atoms with E-state index in [1.165, 1.54) is 19.8 Å². The average molecular weight is 472 g/mol. The Morgan fingerprint density at radius 2 is 1.91 bits per heavy atom. The Labute approximate surface area is 199 Å². The molecule has 33 heavy (non-hydrogen) atoms. The third-order valence-corrected chi connectivity index (χ3v) is 7.28. The van der Waals surface area contributed by atoms with Gasteiger partial charge >= 0.3 is 0 Å². The Hall–Kier alpha value is -2.39. The molecule has 1 N–H and O–H groups in total. The van der Waals surface area contributed by atoms with E-state index in [9.17, 15) is 9.59 Å². The molecule has 0 bridgehead atoms. The van der Waals surface area contributed by atoms with Gasteiger partial charge in [0.15, 0.2) is 10.9 Å². The summed E-state index contributed by atoms with van der Waals surface area (Å²) in [6, 6.07) is 6.96. The summed E-state index contributed by atoms with van der Waals surface area (Å²) in [5.74, 6) is 2.23. The van der Waals surface area contributed by atoms with Gasteiger partial charge in [-0.3, -0.25) is 14.2 Å². The van der Waals surface area contributed by atoms with Crippen LogP contribution in [-0.2, 0) is 16.1 Å². The number of rotatable bonds is 9. The highest BCUT2D eigenvalue weighted by molar-refractivity contribution is 7.99. The monoisotopic (exact) mass is 471 g/mol. The van der Waals surface area contributed by atoms with E-state index in [-0.39, 0.29) is 17.8 Å². The average Bonchev–Trinajstić information content (AvgIpc) is 3.46. The number of carbonyl (C=O) groups excluding carboxylic acids is 2. The number of nitrogens with zero attached hydrogens (tertiary/aromatic N) is 4. The fourth-order valence-corrected chi connectivity index (χ4v) is 5.11. The molecular formula is C24H33N5O3S. The highest BCUT2D eigenvalue weighted by Crippen LogP contribution is 2.28. The fourth-order valence-electron chi connectivity index (χ4n) is 4.23. The molecule has 1 atom stereocenters. The molecule has 3 heterocycles. The van der Waals surface area contributed by atoms with Crippen molar-refractivity contribution in [1.82, 2.24) is 14.8 Å². The third-order valence-electron chi connectivity index (χ3n) is 6.31. The molecule has 1 aromatic heterocycles. The number of hydrogen-bond acceptors (Lipinski definition) is 7. The molecule has 2 fully saturated rings. The molecule has 1 amide bonds. The second-order valence-electron chi connectivity index (χ2n) is 8.98. The van der Waals surface area contributed by atoms with E-state index in [0.29, 0.717) is 23.4 Å². The zero-order chi connectivity index (χ0) is 23.2. The first-order chi connectivity index (χ1) is 16.0. The lowest BCUT2D eigenvalue weighted by Gasteiger charge is -2.31. The lowest BCUT2D eigenvalue weighted by molar-refractivity contribution is -0.115. The molecule has 2 aromatic rings. The van der Waals surface area contributed by atoms with Crippen molar-refractivity contribution in [3.05, 3.63) is 29.8 Å². The van der Waals surface area contributed by atoms with Gasteiger partial charge in [-0.05, 0) is 62.8 Å². The number of hydrogen-bond donors (Lipinski definition) is 1. The molecule has 8 nitrogen and oxygen atoms in total. The zero-order valence-electron chi connectivity index (χ0n) is 19.5. The minimum Gasteiger partial charge on any atom is -0.376 e. The summed E-state index contributed by atoms with van der Waals surface area (Å²) in [5.41, 5.74) is 1.33. The molecule has 0 aliphatic carbocycles. The van der Waals surface area contributed by atoms with Crippen molar-refractivity contribution in [2.24, 2.45) is 5.92 Å². The van der Waals surface area contributed by atoms with Crippen LogP contribution in [0.1, 0.15) is 56.3 Å². The van der Waals surface area contributed by atoms with Crippen molar-refractivity contribution < 1.29 is 14.3 Å². The predicted octanol–water partition coefficient (Wildman–Crippen LogP) is 4.02. The number of Topliss-reactive ketones (excluding diaryl/α,β-unsaturated/α-hetero) is 1. The number of carbonyl (C=O) groups is 2. The first-order valence-corrected chi connectivity index (χ1v) is 12.8. The van der Waals surface area contributed by atoms with Crippen molar-refractivity contribution in [3.63, 3.8) is 0 Å². The maximum Gasteiger partial charge on any atom is 0.228 e. The fraction of sp³-hybridized carbons (Fsp3) is 0.583. The maximum absolute atomic E-state index is 12.4. The van der Waals surface area contributed by atoms with Gasteiger partial charge in [0.05, 0.1) is 12.6 Å². The van der Waals surface area contributed by atoms with E-state index >= 15 is 0 Å². The number of ether oxygens (including phenoxy) is 1. The minimum absolute atomic E-state index is 0.00910. The minimum atomic E-state index is -0.0616. The van der Waals surface area contributed by atoms with Crippen LogP contribution in [0.5, 0.6) is 0 Å². The van der Waals surface area contributed by atoms with Crippen molar-refractivity contribution in [3.8, 4) is 0 Å². The lowest BCUT2D eigenvalue weighted by atomic mass is 10.00. The van der Waals surface area contributed by atoms with Crippen LogP contribution in [0.3, 0.4) is 0 Å². The van der Waals surface area contributed by atoms with Crippen LogP contribution in [0, 0.1) is 5.92 Å². The van der Waals surface area contributed by atoms with E-state index in [4.69, 9.17) is 4.74 Å². The maximum atomic E-state index is 12.4. The summed E-state index contributed by atoms with van der Waals surface area (Å²) in [4.78, 5) is 26.1. The smallest absolute Gasteiger partial charge is 0.228 e.